The minimum Gasteiger partial charge on any atom is -0.379 e. The lowest BCUT2D eigenvalue weighted by atomic mass is 10.0. The van der Waals surface area contributed by atoms with Crippen molar-refractivity contribution in [2.24, 2.45) is 0 Å². The maximum absolute atomic E-state index is 5.69. The molecule has 0 aliphatic heterocycles. The SMILES string of the molecule is CCCCCCCCCCCCCCCCOCCOCCOCCOCCOCCOCCOCCOCCOCCOCCOCCOCCOCc1ccccc1. The highest BCUT2D eigenvalue weighted by molar-refractivity contribution is 5.13. The van der Waals surface area contributed by atoms with Crippen molar-refractivity contribution in [2.45, 2.75) is 103 Å². The van der Waals surface area contributed by atoms with Crippen LogP contribution < -0.4 is 0 Å². The summed E-state index contributed by atoms with van der Waals surface area (Å²) in [5, 5.41) is 0. The molecule has 0 N–H and O–H groups in total. The first kappa shape index (κ1) is 56.7. The number of hydrogen-bond donors (Lipinski definition) is 0. The summed E-state index contributed by atoms with van der Waals surface area (Å²) in [5.41, 5.74) is 1.16. The van der Waals surface area contributed by atoms with E-state index in [1.54, 1.807) is 0 Å². The highest BCUT2D eigenvalue weighted by atomic mass is 16.6. The Morgan fingerprint density at radius 3 is 0.717 bits per heavy atom. The minimum absolute atomic E-state index is 0.513. The molecule has 0 saturated heterocycles. The predicted octanol–water partition coefficient (Wildman–Crippen LogP) is 7.88. The molecule has 1 aromatic rings. The third-order valence-corrected chi connectivity index (χ3v) is 9.22. The van der Waals surface area contributed by atoms with Gasteiger partial charge in [0.25, 0.3) is 0 Å². The summed E-state index contributed by atoms with van der Waals surface area (Å²) in [4.78, 5) is 0. The maximum Gasteiger partial charge on any atom is 0.0718 e. The Morgan fingerprint density at radius 1 is 0.233 bits per heavy atom. The van der Waals surface area contributed by atoms with Crippen LogP contribution in [0.2, 0.25) is 0 Å². The minimum atomic E-state index is 0.513. The molecule has 60 heavy (non-hydrogen) atoms. The van der Waals surface area contributed by atoms with Gasteiger partial charge < -0.3 is 61.6 Å². The molecule has 1 aromatic carbocycles. The molecular formula is C47H88O13. The van der Waals surface area contributed by atoms with Crippen LogP contribution in [-0.2, 0) is 68.2 Å². The van der Waals surface area contributed by atoms with Crippen molar-refractivity contribution in [1.82, 2.24) is 0 Å². The number of benzene rings is 1. The molecule has 0 radical (unpaired) electrons. The van der Waals surface area contributed by atoms with Crippen LogP contribution >= 0.6 is 0 Å². The quantitative estimate of drug-likeness (QED) is 0.0592. The first-order chi connectivity index (χ1) is 29.9. The molecule has 0 unspecified atom stereocenters. The molecule has 0 bridgehead atoms. The highest BCUT2D eigenvalue weighted by Gasteiger charge is 1.99. The Hall–Kier alpha value is -1.30. The molecule has 0 spiro atoms. The third kappa shape index (κ3) is 47.7. The third-order valence-electron chi connectivity index (χ3n) is 9.22. The predicted molar refractivity (Wildman–Crippen MR) is 236 cm³/mol. The molecule has 0 amide bonds. The summed E-state index contributed by atoms with van der Waals surface area (Å²) in [6, 6.07) is 10.1. The van der Waals surface area contributed by atoms with E-state index in [-0.39, 0.29) is 0 Å². The van der Waals surface area contributed by atoms with Gasteiger partial charge in [0, 0.05) is 6.61 Å². The van der Waals surface area contributed by atoms with Gasteiger partial charge in [-0.3, -0.25) is 0 Å². The Morgan fingerprint density at radius 2 is 0.450 bits per heavy atom. The summed E-state index contributed by atoms with van der Waals surface area (Å²) in [6.07, 6.45) is 19.2. The van der Waals surface area contributed by atoms with E-state index in [9.17, 15) is 0 Å². The van der Waals surface area contributed by atoms with Crippen LogP contribution in [0.4, 0.5) is 0 Å². The number of rotatable bonds is 53. The average molecular weight is 861 g/mol. The molecule has 13 heteroatoms. The van der Waals surface area contributed by atoms with Crippen molar-refractivity contribution in [1.29, 1.82) is 0 Å². The molecule has 0 aromatic heterocycles. The summed E-state index contributed by atoms with van der Waals surface area (Å²) < 4.78 is 72.1. The molecule has 354 valence electrons. The molecule has 0 aliphatic carbocycles. The number of ether oxygens (including phenoxy) is 13. The van der Waals surface area contributed by atoms with Gasteiger partial charge >= 0.3 is 0 Å². The molecule has 0 aliphatic rings. The lowest BCUT2D eigenvalue weighted by Gasteiger charge is -2.09. The van der Waals surface area contributed by atoms with Crippen LogP contribution in [0.1, 0.15) is 102 Å². The smallest absolute Gasteiger partial charge is 0.0718 e. The molecular weight excluding hydrogens is 773 g/mol. The Bertz CT molecular complexity index is 901. The van der Waals surface area contributed by atoms with E-state index in [1.165, 1.54) is 83.5 Å². The molecule has 1 rings (SSSR count). The van der Waals surface area contributed by atoms with E-state index in [1.807, 2.05) is 30.3 Å². The molecule has 0 heterocycles. The lowest BCUT2D eigenvalue weighted by Crippen LogP contribution is -2.15. The number of hydrogen-bond acceptors (Lipinski definition) is 13. The topological polar surface area (TPSA) is 120 Å². The highest BCUT2D eigenvalue weighted by Crippen LogP contribution is 2.13. The summed E-state index contributed by atoms with van der Waals surface area (Å²) in [6.45, 7) is 16.6. The zero-order chi connectivity index (χ0) is 42.6. The van der Waals surface area contributed by atoms with Crippen LogP contribution in [0.5, 0.6) is 0 Å². The zero-order valence-corrected chi connectivity index (χ0v) is 38.0. The second-order valence-corrected chi connectivity index (χ2v) is 14.5. The summed E-state index contributed by atoms with van der Waals surface area (Å²) in [7, 11) is 0. The number of unbranched alkanes of at least 4 members (excludes halogenated alkanes) is 13. The Balaban J connectivity index is 1.59. The lowest BCUT2D eigenvalue weighted by molar-refractivity contribution is -0.0292. The first-order valence-electron chi connectivity index (χ1n) is 23.5. The van der Waals surface area contributed by atoms with Gasteiger partial charge in [0.2, 0.25) is 0 Å². The fourth-order valence-electron chi connectivity index (χ4n) is 5.80. The Kier molecular flexibility index (Phi) is 49.2. The molecule has 0 saturated carbocycles. The van der Waals surface area contributed by atoms with Crippen LogP contribution in [0.15, 0.2) is 30.3 Å². The second kappa shape index (κ2) is 52.0. The van der Waals surface area contributed by atoms with Crippen molar-refractivity contribution >= 4 is 0 Å². The van der Waals surface area contributed by atoms with Crippen LogP contribution in [0, 0.1) is 0 Å². The van der Waals surface area contributed by atoms with E-state index in [4.69, 9.17) is 61.6 Å². The molecule has 0 fully saturated rings. The van der Waals surface area contributed by atoms with Crippen LogP contribution in [0.25, 0.3) is 0 Å². The van der Waals surface area contributed by atoms with Gasteiger partial charge in [0.15, 0.2) is 0 Å². The van der Waals surface area contributed by atoms with Gasteiger partial charge in [-0.05, 0) is 12.0 Å². The van der Waals surface area contributed by atoms with Gasteiger partial charge in [-0.15, -0.1) is 0 Å². The zero-order valence-electron chi connectivity index (χ0n) is 38.0. The normalized spacial score (nSPS) is 11.6. The van der Waals surface area contributed by atoms with Gasteiger partial charge in [-0.1, -0.05) is 121 Å². The van der Waals surface area contributed by atoms with E-state index >= 15 is 0 Å². The van der Waals surface area contributed by atoms with Crippen molar-refractivity contribution in [3.8, 4) is 0 Å². The van der Waals surface area contributed by atoms with Crippen molar-refractivity contribution < 1.29 is 61.6 Å². The largest absolute Gasteiger partial charge is 0.379 e. The van der Waals surface area contributed by atoms with Crippen molar-refractivity contribution in [2.75, 3.05) is 165 Å². The summed E-state index contributed by atoms with van der Waals surface area (Å²) >= 11 is 0. The summed E-state index contributed by atoms with van der Waals surface area (Å²) in [5.74, 6) is 0. The second-order valence-electron chi connectivity index (χ2n) is 14.5. The molecule has 13 nitrogen and oxygen atoms in total. The maximum atomic E-state index is 5.69. The van der Waals surface area contributed by atoms with Gasteiger partial charge in [-0.2, -0.15) is 0 Å². The van der Waals surface area contributed by atoms with E-state index in [2.05, 4.69) is 6.92 Å². The average Bonchev–Trinajstić information content (AvgIpc) is 3.27. The van der Waals surface area contributed by atoms with Gasteiger partial charge in [-0.25, -0.2) is 0 Å². The Labute approximate surface area is 365 Å². The fourth-order valence-corrected chi connectivity index (χ4v) is 5.80. The van der Waals surface area contributed by atoms with Gasteiger partial charge in [0.1, 0.15) is 0 Å². The van der Waals surface area contributed by atoms with E-state index in [0.29, 0.717) is 165 Å². The van der Waals surface area contributed by atoms with E-state index < -0.39 is 0 Å². The first-order valence-corrected chi connectivity index (χ1v) is 23.5. The van der Waals surface area contributed by atoms with E-state index in [0.717, 1.165) is 18.6 Å². The fraction of sp³-hybridized carbons (Fsp3) is 0.872. The molecule has 0 atom stereocenters. The van der Waals surface area contributed by atoms with Gasteiger partial charge in [0.05, 0.1) is 165 Å². The van der Waals surface area contributed by atoms with Crippen LogP contribution in [0.3, 0.4) is 0 Å². The van der Waals surface area contributed by atoms with Crippen LogP contribution in [-0.4, -0.2) is 165 Å². The van der Waals surface area contributed by atoms with Crippen molar-refractivity contribution in [3.63, 3.8) is 0 Å². The standard InChI is InChI=1S/C47H88O13/c1-2-3-4-5-6-7-8-9-10-11-12-13-14-18-21-48-22-23-49-24-25-50-26-27-51-28-29-52-30-31-53-32-33-54-34-35-55-36-37-56-38-39-57-40-41-58-42-43-59-44-45-60-46-47-19-16-15-17-20-47/h15-17,19-20H,2-14,18,21-46H2,1H3. The van der Waals surface area contributed by atoms with Crippen molar-refractivity contribution in [3.05, 3.63) is 35.9 Å². The monoisotopic (exact) mass is 861 g/mol.